The molecule has 0 aliphatic carbocycles. The molecule has 0 fully saturated rings. The van der Waals surface area contributed by atoms with Gasteiger partial charge in [-0.25, -0.2) is 0 Å². The van der Waals surface area contributed by atoms with Crippen molar-refractivity contribution in [3.63, 3.8) is 0 Å². The lowest BCUT2D eigenvalue weighted by Crippen LogP contribution is -2.51. The van der Waals surface area contributed by atoms with Gasteiger partial charge in [0, 0.05) is 0 Å². The lowest BCUT2D eigenvalue weighted by molar-refractivity contribution is -0.174. The Hall–Kier alpha value is -1.28. The van der Waals surface area contributed by atoms with Crippen molar-refractivity contribution in [1.29, 1.82) is 0 Å². The molecule has 0 rings (SSSR count). The molecule has 0 amide bonds. The molecule has 0 aromatic heterocycles. The Morgan fingerprint density at radius 1 is 0.750 bits per heavy atom. The fourth-order valence-corrected chi connectivity index (χ4v) is 2.00. The van der Waals surface area contributed by atoms with Crippen LogP contribution in [0.1, 0.15) is 0 Å². The highest BCUT2D eigenvalue weighted by Crippen LogP contribution is 2.17. The zero-order valence-corrected chi connectivity index (χ0v) is 14.2. The maximum absolute atomic E-state index is 10.1. The second kappa shape index (κ2) is 15.3. The van der Waals surface area contributed by atoms with Gasteiger partial charge in [-0.15, -0.1) is 26.3 Å². The molecule has 6 nitrogen and oxygen atoms in total. The summed E-state index contributed by atoms with van der Waals surface area (Å²) in [7, 11) is 0. The number of hydrogen-bond acceptors (Lipinski definition) is 6. The van der Waals surface area contributed by atoms with Crippen molar-refractivity contribution in [3.8, 4) is 0 Å². The van der Waals surface area contributed by atoms with Crippen LogP contribution in [0, 0.1) is 0 Å². The molecule has 0 aromatic rings. The van der Waals surface area contributed by atoms with E-state index in [0.29, 0.717) is 6.61 Å². The van der Waals surface area contributed by atoms with Gasteiger partial charge < -0.3 is 29.2 Å². The van der Waals surface area contributed by atoms with Crippen molar-refractivity contribution < 1.29 is 29.2 Å². The molecular formula is C18H30O6. The van der Waals surface area contributed by atoms with Gasteiger partial charge in [0.25, 0.3) is 0 Å². The average molecular weight is 342 g/mol. The van der Waals surface area contributed by atoms with E-state index in [-0.39, 0.29) is 26.4 Å². The molecule has 0 radical (unpaired) electrons. The highest BCUT2D eigenvalue weighted by molar-refractivity contribution is 4.88. The Morgan fingerprint density at radius 3 is 1.75 bits per heavy atom. The monoisotopic (exact) mass is 342 g/mol. The van der Waals surface area contributed by atoms with E-state index in [9.17, 15) is 10.2 Å². The van der Waals surface area contributed by atoms with Crippen LogP contribution in [0.4, 0.5) is 0 Å². The molecule has 0 saturated carbocycles. The van der Waals surface area contributed by atoms with Gasteiger partial charge in [-0.1, -0.05) is 24.3 Å². The predicted octanol–water partition coefficient (Wildman–Crippen LogP) is 1.26. The Morgan fingerprint density at radius 2 is 1.25 bits per heavy atom. The van der Waals surface area contributed by atoms with Gasteiger partial charge >= 0.3 is 0 Å². The smallest absolute Gasteiger partial charge is 0.115 e. The third kappa shape index (κ3) is 9.12. The molecule has 0 saturated heterocycles. The van der Waals surface area contributed by atoms with Gasteiger partial charge in [-0.3, -0.25) is 0 Å². The van der Waals surface area contributed by atoms with Gasteiger partial charge in [-0.2, -0.15) is 0 Å². The molecule has 0 aliphatic rings. The molecule has 24 heavy (non-hydrogen) atoms. The average Bonchev–Trinajstić information content (AvgIpc) is 2.60. The molecule has 2 N–H and O–H groups in total. The summed E-state index contributed by atoms with van der Waals surface area (Å²) in [6.07, 6.45) is 3.16. The van der Waals surface area contributed by atoms with Gasteiger partial charge in [0.2, 0.25) is 0 Å². The van der Waals surface area contributed by atoms with E-state index < -0.39 is 31.0 Å². The van der Waals surface area contributed by atoms with E-state index in [1.165, 1.54) is 0 Å². The summed E-state index contributed by atoms with van der Waals surface area (Å²) in [4.78, 5) is 0. The van der Waals surface area contributed by atoms with Crippen LogP contribution < -0.4 is 0 Å². The van der Waals surface area contributed by atoms with E-state index in [2.05, 4.69) is 26.3 Å². The van der Waals surface area contributed by atoms with Crippen LogP contribution in [0.3, 0.4) is 0 Å². The van der Waals surface area contributed by atoms with E-state index in [4.69, 9.17) is 18.9 Å². The highest BCUT2D eigenvalue weighted by atomic mass is 16.6. The molecular weight excluding hydrogens is 312 g/mol. The zero-order chi connectivity index (χ0) is 18.2. The first kappa shape index (κ1) is 22.7. The summed E-state index contributed by atoms with van der Waals surface area (Å²) < 4.78 is 22.5. The van der Waals surface area contributed by atoms with Crippen molar-refractivity contribution in [2.75, 3.05) is 39.6 Å². The second-order valence-corrected chi connectivity index (χ2v) is 4.91. The molecule has 6 heteroatoms. The topological polar surface area (TPSA) is 77.4 Å². The summed E-state index contributed by atoms with van der Waals surface area (Å²) in [5, 5.41) is 19.4. The fourth-order valence-electron chi connectivity index (χ4n) is 2.00. The first-order valence-electron chi connectivity index (χ1n) is 7.81. The van der Waals surface area contributed by atoms with Crippen molar-refractivity contribution in [2.45, 2.75) is 24.4 Å². The Labute approximate surface area is 144 Å². The molecule has 4 atom stereocenters. The molecule has 0 aliphatic heterocycles. The molecule has 138 valence electrons. The molecule has 0 aromatic carbocycles. The summed E-state index contributed by atoms with van der Waals surface area (Å²) in [5.74, 6) is 0. The fraction of sp³-hybridized carbons (Fsp3) is 0.556. The maximum atomic E-state index is 10.1. The minimum Gasteiger partial charge on any atom is -0.394 e. The van der Waals surface area contributed by atoms with Crippen LogP contribution in [0.25, 0.3) is 0 Å². The number of rotatable bonds is 17. The van der Waals surface area contributed by atoms with Crippen molar-refractivity contribution in [1.82, 2.24) is 0 Å². The summed E-state index contributed by atoms with van der Waals surface area (Å²) in [5.41, 5.74) is 0. The number of aliphatic hydroxyl groups is 2. The van der Waals surface area contributed by atoms with E-state index in [0.717, 1.165) is 0 Å². The minimum absolute atomic E-state index is 0.192. The van der Waals surface area contributed by atoms with E-state index in [1.54, 1.807) is 24.3 Å². The Bertz CT molecular complexity index is 357. The standard InChI is InChI=1S/C18H30O6/c1-5-9-21-14-16(22-10-6-2)18(24-12-8-4)17(15(20)13-19)23-11-7-3/h5-8,15-20H,1-4,9-14H2. The Balaban J connectivity index is 5.28. The number of ether oxygens (including phenoxy) is 4. The number of aliphatic hydroxyl groups excluding tert-OH is 2. The van der Waals surface area contributed by atoms with Gasteiger partial charge in [0.05, 0.1) is 39.6 Å². The third-order valence-corrected chi connectivity index (χ3v) is 3.02. The van der Waals surface area contributed by atoms with Gasteiger partial charge in [-0.05, 0) is 0 Å². The summed E-state index contributed by atoms with van der Waals surface area (Å²) in [6.45, 7) is 15.2. The van der Waals surface area contributed by atoms with Crippen molar-refractivity contribution in [3.05, 3.63) is 50.6 Å². The van der Waals surface area contributed by atoms with Crippen LogP contribution >= 0.6 is 0 Å². The SMILES string of the molecule is C=CCOCC(OCC=C)C(OCC=C)C(OCC=C)C(O)CO. The zero-order valence-electron chi connectivity index (χ0n) is 14.2. The van der Waals surface area contributed by atoms with Gasteiger partial charge in [0.15, 0.2) is 0 Å². The van der Waals surface area contributed by atoms with E-state index in [1.807, 2.05) is 0 Å². The minimum atomic E-state index is -1.14. The lowest BCUT2D eigenvalue weighted by atomic mass is 10.0. The van der Waals surface area contributed by atoms with Crippen LogP contribution in [-0.4, -0.2) is 74.3 Å². The molecule has 0 heterocycles. The largest absolute Gasteiger partial charge is 0.394 e. The Kier molecular flexibility index (Phi) is 14.4. The van der Waals surface area contributed by atoms with Crippen molar-refractivity contribution in [2.24, 2.45) is 0 Å². The van der Waals surface area contributed by atoms with Gasteiger partial charge in [0.1, 0.15) is 24.4 Å². The van der Waals surface area contributed by atoms with Crippen LogP contribution in [0.5, 0.6) is 0 Å². The summed E-state index contributed by atoms with van der Waals surface area (Å²) >= 11 is 0. The first-order valence-corrected chi connectivity index (χ1v) is 7.81. The van der Waals surface area contributed by atoms with E-state index >= 15 is 0 Å². The van der Waals surface area contributed by atoms with Crippen molar-refractivity contribution >= 4 is 0 Å². The molecule has 0 spiro atoms. The first-order chi connectivity index (χ1) is 11.7. The third-order valence-electron chi connectivity index (χ3n) is 3.02. The quantitative estimate of drug-likeness (QED) is 0.306. The van der Waals surface area contributed by atoms with Crippen LogP contribution in [-0.2, 0) is 18.9 Å². The predicted molar refractivity (Wildman–Crippen MR) is 93.9 cm³/mol. The molecule has 0 bridgehead atoms. The lowest BCUT2D eigenvalue weighted by Gasteiger charge is -2.34. The number of hydrogen-bond donors (Lipinski definition) is 2. The van der Waals surface area contributed by atoms with Crippen LogP contribution in [0.15, 0.2) is 50.6 Å². The highest BCUT2D eigenvalue weighted by Gasteiger charge is 2.36. The normalized spacial score (nSPS) is 15.9. The second-order valence-electron chi connectivity index (χ2n) is 4.91. The maximum Gasteiger partial charge on any atom is 0.115 e. The van der Waals surface area contributed by atoms with Crippen LogP contribution in [0.2, 0.25) is 0 Å². The molecule has 4 unspecified atom stereocenters. The summed E-state index contributed by atoms with van der Waals surface area (Å²) in [6, 6.07) is 0.